The van der Waals surface area contributed by atoms with Gasteiger partial charge in [0.15, 0.2) is 0 Å². The number of hydrogen-bond donors (Lipinski definition) is 0. The maximum Gasteiger partial charge on any atom is 0.410 e. The van der Waals surface area contributed by atoms with E-state index < -0.39 is 5.60 Å². The summed E-state index contributed by atoms with van der Waals surface area (Å²) in [6, 6.07) is 5.24. The average Bonchev–Trinajstić information content (AvgIpc) is 2.65. The molecule has 2 aliphatic rings. The monoisotopic (exact) mass is 405 g/mol. The summed E-state index contributed by atoms with van der Waals surface area (Å²) >= 11 is 0. The maximum absolute atomic E-state index is 13.0. The summed E-state index contributed by atoms with van der Waals surface area (Å²) in [6.45, 7) is 6.45. The van der Waals surface area contributed by atoms with Crippen LogP contribution in [0.25, 0.3) is 0 Å². The molecule has 0 aliphatic carbocycles. The highest BCUT2D eigenvalue weighted by Gasteiger charge is 2.44. The van der Waals surface area contributed by atoms with Crippen molar-refractivity contribution in [1.82, 2.24) is 4.90 Å². The lowest BCUT2D eigenvalue weighted by molar-refractivity contribution is -0.131. The predicted octanol–water partition coefficient (Wildman–Crippen LogP) is 3.23. The lowest BCUT2D eigenvalue weighted by Crippen LogP contribution is -2.60. The van der Waals surface area contributed by atoms with Gasteiger partial charge in [-0.15, -0.1) is 0 Å². The molecular formula is C22H31NO6. The quantitative estimate of drug-likeness (QED) is 0.749. The molecule has 0 spiro atoms. The molecule has 2 saturated heterocycles. The molecule has 1 amide bonds. The Hall–Kier alpha value is -2.28. The predicted molar refractivity (Wildman–Crippen MR) is 107 cm³/mol. The Morgan fingerprint density at radius 1 is 1.03 bits per heavy atom. The number of benzene rings is 1. The first-order valence-electron chi connectivity index (χ1n) is 10.0. The third-order valence-corrected chi connectivity index (χ3v) is 5.37. The van der Waals surface area contributed by atoms with Crippen molar-refractivity contribution in [3.8, 4) is 11.5 Å². The topological polar surface area (TPSA) is 74.3 Å². The highest BCUT2D eigenvalue weighted by molar-refractivity contribution is 5.84. The van der Waals surface area contributed by atoms with Crippen LogP contribution >= 0.6 is 0 Å². The standard InChI is InChI=1S/C22H31NO6/c1-22(2,3)29-21(25)23-16-9-15(10-17(23)13-28-12-16)20(24)8-14-6-18(26-4)11-19(7-14)27-5/h6-7,11,15-17H,8-10,12-13H2,1-5H3. The van der Waals surface area contributed by atoms with Crippen molar-refractivity contribution in [1.29, 1.82) is 0 Å². The number of morpholine rings is 1. The third kappa shape index (κ3) is 5.21. The van der Waals surface area contributed by atoms with Gasteiger partial charge in [-0.3, -0.25) is 9.69 Å². The van der Waals surface area contributed by atoms with E-state index in [1.807, 2.05) is 32.9 Å². The van der Waals surface area contributed by atoms with Crippen LogP contribution in [0.1, 0.15) is 39.2 Å². The van der Waals surface area contributed by atoms with Crippen molar-refractivity contribution < 1.29 is 28.5 Å². The molecule has 2 heterocycles. The SMILES string of the molecule is COc1cc(CC(=O)C2CC3COCC(C2)N3C(=O)OC(C)(C)C)cc(OC)c1. The number of Topliss-reactive ketones (excluding diaryl/α,β-unsaturated/α-hetero) is 1. The average molecular weight is 405 g/mol. The fourth-order valence-corrected chi connectivity index (χ4v) is 4.10. The van der Waals surface area contributed by atoms with E-state index in [0.717, 1.165) is 5.56 Å². The van der Waals surface area contributed by atoms with E-state index in [0.29, 0.717) is 44.0 Å². The van der Waals surface area contributed by atoms with E-state index in [1.54, 1.807) is 25.2 Å². The number of hydrogen-bond acceptors (Lipinski definition) is 6. The second-order valence-electron chi connectivity index (χ2n) is 8.77. The summed E-state index contributed by atoms with van der Waals surface area (Å²) < 4.78 is 21.8. The number of piperidine rings is 1. The Balaban J connectivity index is 1.69. The Kier molecular flexibility index (Phi) is 6.36. The molecular weight excluding hydrogens is 374 g/mol. The van der Waals surface area contributed by atoms with Crippen molar-refractivity contribution >= 4 is 11.9 Å². The van der Waals surface area contributed by atoms with Gasteiger partial charge in [0.05, 0.1) is 39.5 Å². The molecule has 160 valence electrons. The van der Waals surface area contributed by atoms with Gasteiger partial charge in [0.25, 0.3) is 0 Å². The van der Waals surface area contributed by atoms with Crippen molar-refractivity contribution in [3.63, 3.8) is 0 Å². The minimum atomic E-state index is -0.551. The molecule has 29 heavy (non-hydrogen) atoms. The van der Waals surface area contributed by atoms with Crippen molar-refractivity contribution in [2.75, 3.05) is 27.4 Å². The zero-order valence-electron chi connectivity index (χ0n) is 17.9. The summed E-state index contributed by atoms with van der Waals surface area (Å²) in [6.07, 6.45) is 1.18. The summed E-state index contributed by atoms with van der Waals surface area (Å²) in [4.78, 5) is 27.5. The highest BCUT2D eigenvalue weighted by atomic mass is 16.6. The molecule has 0 N–H and O–H groups in total. The van der Waals surface area contributed by atoms with Gasteiger partial charge in [0, 0.05) is 18.4 Å². The summed E-state index contributed by atoms with van der Waals surface area (Å²) in [7, 11) is 3.18. The van der Waals surface area contributed by atoms with Crippen LogP contribution in [0.3, 0.4) is 0 Å². The minimum absolute atomic E-state index is 0.107. The molecule has 2 unspecified atom stereocenters. The fourth-order valence-electron chi connectivity index (χ4n) is 4.10. The van der Waals surface area contributed by atoms with Gasteiger partial charge in [-0.25, -0.2) is 4.79 Å². The van der Waals surface area contributed by atoms with Gasteiger partial charge >= 0.3 is 6.09 Å². The third-order valence-electron chi connectivity index (χ3n) is 5.37. The summed E-state index contributed by atoms with van der Waals surface area (Å²) in [5.41, 5.74) is 0.312. The van der Waals surface area contributed by atoms with E-state index in [2.05, 4.69) is 0 Å². The molecule has 0 aromatic heterocycles. The Labute approximate surface area is 172 Å². The first-order valence-corrected chi connectivity index (χ1v) is 10.0. The molecule has 1 aromatic rings. The molecule has 2 aliphatic heterocycles. The first kappa shape index (κ1) is 21.4. The smallest absolute Gasteiger partial charge is 0.410 e. The van der Waals surface area contributed by atoms with E-state index in [-0.39, 0.29) is 29.9 Å². The van der Waals surface area contributed by atoms with Gasteiger partial charge in [-0.2, -0.15) is 0 Å². The molecule has 2 bridgehead atoms. The highest BCUT2D eigenvalue weighted by Crippen LogP contribution is 2.34. The number of nitrogens with zero attached hydrogens (tertiary/aromatic N) is 1. The Bertz CT molecular complexity index is 720. The molecule has 0 saturated carbocycles. The van der Waals surface area contributed by atoms with Crippen LogP contribution in [0, 0.1) is 5.92 Å². The molecule has 2 fully saturated rings. The van der Waals surface area contributed by atoms with Gasteiger partial charge in [-0.05, 0) is 51.3 Å². The lowest BCUT2D eigenvalue weighted by Gasteiger charge is -2.47. The number of carbonyl (C=O) groups is 2. The van der Waals surface area contributed by atoms with Crippen LogP contribution in [0.4, 0.5) is 4.79 Å². The van der Waals surface area contributed by atoms with Crippen molar-refractivity contribution in [2.45, 2.75) is 57.7 Å². The van der Waals surface area contributed by atoms with Gasteiger partial charge < -0.3 is 18.9 Å². The lowest BCUT2D eigenvalue weighted by atomic mass is 9.81. The van der Waals surface area contributed by atoms with E-state index in [4.69, 9.17) is 18.9 Å². The van der Waals surface area contributed by atoms with E-state index >= 15 is 0 Å². The van der Waals surface area contributed by atoms with Crippen molar-refractivity contribution in [3.05, 3.63) is 23.8 Å². The summed E-state index contributed by atoms with van der Waals surface area (Å²) in [5, 5.41) is 0. The van der Waals surface area contributed by atoms with Crippen LogP contribution < -0.4 is 9.47 Å². The molecule has 0 radical (unpaired) electrons. The zero-order valence-corrected chi connectivity index (χ0v) is 17.9. The number of methoxy groups -OCH3 is 2. The number of rotatable bonds is 5. The summed E-state index contributed by atoms with van der Waals surface area (Å²) in [5.74, 6) is 1.39. The van der Waals surface area contributed by atoms with E-state index in [9.17, 15) is 9.59 Å². The van der Waals surface area contributed by atoms with Crippen LogP contribution in [0.15, 0.2) is 18.2 Å². The van der Waals surface area contributed by atoms with Crippen LogP contribution in [0.5, 0.6) is 11.5 Å². The molecule has 2 atom stereocenters. The Morgan fingerprint density at radius 2 is 1.59 bits per heavy atom. The minimum Gasteiger partial charge on any atom is -0.497 e. The van der Waals surface area contributed by atoms with Gasteiger partial charge in [0.1, 0.15) is 22.9 Å². The zero-order chi connectivity index (χ0) is 21.2. The largest absolute Gasteiger partial charge is 0.497 e. The van der Waals surface area contributed by atoms with Gasteiger partial charge in [-0.1, -0.05) is 0 Å². The normalized spacial score (nSPS) is 24.0. The molecule has 7 nitrogen and oxygen atoms in total. The van der Waals surface area contributed by atoms with E-state index in [1.165, 1.54) is 0 Å². The van der Waals surface area contributed by atoms with Gasteiger partial charge in [0.2, 0.25) is 0 Å². The number of ketones is 1. The number of ether oxygens (including phenoxy) is 4. The van der Waals surface area contributed by atoms with Crippen LogP contribution in [-0.4, -0.2) is 61.9 Å². The first-order chi connectivity index (χ1) is 13.7. The van der Waals surface area contributed by atoms with Crippen molar-refractivity contribution in [2.24, 2.45) is 5.92 Å². The number of carbonyl (C=O) groups excluding carboxylic acids is 2. The Morgan fingerprint density at radius 3 is 2.07 bits per heavy atom. The molecule has 7 heteroatoms. The molecule has 3 rings (SSSR count). The number of fused-ring (bicyclic) bond motifs is 2. The second-order valence-corrected chi connectivity index (χ2v) is 8.77. The fraction of sp³-hybridized carbons (Fsp3) is 0.636. The van der Waals surface area contributed by atoms with Crippen LogP contribution in [-0.2, 0) is 20.7 Å². The second kappa shape index (κ2) is 8.61. The van der Waals surface area contributed by atoms with Crippen LogP contribution in [0.2, 0.25) is 0 Å². The molecule has 1 aromatic carbocycles. The number of amides is 1. The maximum atomic E-state index is 13.0.